The van der Waals surface area contributed by atoms with Gasteiger partial charge in [-0.1, -0.05) is 50.5 Å². The molecule has 1 heterocycles. The van der Waals surface area contributed by atoms with Gasteiger partial charge < -0.3 is 4.74 Å². The molecule has 0 radical (unpaired) electrons. The lowest BCUT2D eigenvalue weighted by molar-refractivity contribution is -0.149. The van der Waals surface area contributed by atoms with Gasteiger partial charge in [-0.3, -0.25) is 4.79 Å². The molecule has 0 amide bonds. The van der Waals surface area contributed by atoms with Gasteiger partial charge in [-0.25, -0.2) is 0 Å². The molecule has 2 nitrogen and oxygen atoms in total. The topological polar surface area (TPSA) is 26.3 Å². The smallest absolute Gasteiger partial charge is 0.308 e. The molecule has 114 valence electrons. The zero-order valence-corrected chi connectivity index (χ0v) is 13.0. The SMILES string of the molecule is CCC1CCCCCC/C=C\C/C=C\CCCOC1=O. The van der Waals surface area contributed by atoms with Crippen LogP contribution in [0.3, 0.4) is 0 Å². The van der Waals surface area contributed by atoms with E-state index in [1.54, 1.807) is 0 Å². The van der Waals surface area contributed by atoms with Crippen molar-refractivity contribution in [2.45, 2.75) is 71.1 Å². The number of hydrogen-bond acceptors (Lipinski definition) is 2. The summed E-state index contributed by atoms with van der Waals surface area (Å²) in [5.74, 6) is 0.128. The van der Waals surface area contributed by atoms with Crippen LogP contribution in [0.15, 0.2) is 24.3 Å². The highest BCUT2D eigenvalue weighted by Crippen LogP contribution is 2.17. The average molecular weight is 278 g/mol. The number of ether oxygens (including phenoxy) is 1. The first-order valence-corrected chi connectivity index (χ1v) is 8.31. The van der Waals surface area contributed by atoms with E-state index in [4.69, 9.17) is 4.74 Å². The molecular formula is C18H30O2. The third-order valence-electron chi connectivity index (χ3n) is 3.86. The van der Waals surface area contributed by atoms with Gasteiger partial charge in [0.15, 0.2) is 0 Å². The van der Waals surface area contributed by atoms with Crippen molar-refractivity contribution in [3.63, 3.8) is 0 Å². The molecule has 1 aliphatic rings. The van der Waals surface area contributed by atoms with E-state index in [-0.39, 0.29) is 11.9 Å². The Labute approximate surface area is 124 Å². The summed E-state index contributed by atoms with van der Waals surface area (Å²) in [4.78, 5) is 11.9. The van der Waals surface area contributed by atoms with Crippen molar-refractivity contribution < 1.29 is 9.53 Å². The number of carbonyl (C=O) groups excluding carboxylic acids is 1. The van der Waals surface area contributed by atoms with Crippen molar-refractivity contribution in [2.24, 2.45) is 5.92 Å². The van der Waals surface area contributed by atoms with Crippen LogP contribution in [0, 0.1) is 5.92 Å². The maximum Gasteiger partial charge on any atom is 0.308 e. The standard InChI is InChI=1S/C18H30O2/c1-2-17-15-13-11-9-7-5-3-4-6-8-10-12-14-16-20-18(17)19/h3-4,8,10,17H,2,5-7,9,11-16H2,1H3/b4-3-,10-8-. The average Bonchev–Trinajstić information content (AvgIpc) is 2.46. The van der Waals surface area contributed by atoms with Gasteiger partial charge in [0.25, 0.3) is 0 Å². The fraction of sp³-hybridized carbons (Fsp3) is 0.722. The van der Waals surface area contributed by atoms with Crippen LogP contribution >= 0.6 is 0 Å². The van der Waals surface area contributed by atoms with Crippen LogP contribution in [0.25, 0.3) is 0 Å². The Balaban J connectivity index is 2.38. The summed E-state index contributed by atoms with van der Waals surface area (Å²) in [5.41, 5.74) is 0. The Morgan fingerprint density at radius 1 is 1.00 bits per heavy atom. The van der Waals surface area contributed by atoms with Crippen molar-refractivity contribution in [2.75, 3.05) is 6.61 Å². The molecule has 1 atom stereocenters. The lowest BCUT2D eigenvalue weighted by Gasteiger charge is -2.13. The molecule has 0 aromatic heterocycles. The molecule has 0 bridgehead atoms. The van der Waals surface area contributed by atoms with E-state index in [2.05, 4.69) is 31.2 Å². The zero-order chi connectivity index (χ0) is 14.5. The molecule has 0 fully saturated rings. The van der Waals surface area contributed by atoms with E-state index >= 15 is 0 Å². The van der Waals surface area contributed by atoms with Gasteiger partial charge in [-0.15, -0.1) is 0 Å². The Morgan fingerprint density at radius 3 is 2.45 bits per heavy atom. The van der Waals surface area contributed by atoms with E-state index < -0.39 is 0 Å². The highest BCUT2D eigenvalue weighted by Gasteiger charge is 2.17. The van der Waals surface area contributed by atoms with Crippen LogP contribution in [0.1, 0.15) is 71.1 Å². The maximum atomic E-state index is 11.9. The quantitative estimate of drug-likeness (QED) is 0.487. The molecular weight excluding hydrogens is 248 g/mol. The highest BCUT2D eigenvalue weighted by molar-refractivity contribution is 5.72. The minimum atomic E-state index is 0.0162. The van der Waals surface area contributed by atoms with Crippen LogP contribution in [0.2, 0.25) is 0 Å². The van der Waals surface area contributed by atoms with Crippen LogP contribution in [0.5, 0.6) is 0 Å². The van der Waals surface area contributed by atoms with E-state index in [1.807, 2.05) is 0 Å². The van der Waals surface area contributed by atoms with Crippen molar-refractivity contribution in [1.82, 2.24) is 0 Å². The van der Waals surface area contributed by atoms with Crippen molar-refractivity contribution in [1.29, 1.82) is 0 Å². The molecule has 0 saturated heterocycles. The molecule has 0 aromatic rings. The molecule has 0 N–H and O–H groups in total. The van der Waals surface area contributed by atoms with Crippen molar-refractivity contribution in [3.05, 3.63) is 24.3 Å². The van der Waals surface area contributed by atoms with Gasteiger partial charge in [-0.2, -0.15) is 0 Å². The van der Waals surface area contributed by atoms with Gasteiger partial charge >= 0.3 is 5.97 Å². The van der Waals surface area contributed by atoms with E-state index in [9.17, 15) is 4.79 Å². The third kappa shape index (κ3) is 8.19. The molecule has 0 aliphatic carbocycles. The summed E-state index contributed by atoms with van der Waals surface area (Å²) in [6.07, 6.45) is 19.9. The Hall–Kier alpha value is -1.05. The molecule has 1 aliphatic heterocycles. The first kappa shape index (κ1) is 17.0. The number of carbonyl (C=O) groups is 1. The largest absolute Gasteiger partial charge is 0.465 e. The monoisotopic (exact) mass is 278 g/mol. The van der Waals surface area contributed by atoms with Gasteiger partial charge in [-0.05, 0) is 44.9 Å². The molecule has 20 heavy (non-hydrogen) atoms. The summed E-state index contributed by atoms with van der Waals surface area (Å²) in [5, 5.41) is 0. The van der Waals surface area contributed by atoms with E-state index in [1.165, 1.54) is 25.7 Å². The van der Waals surface area contributed by atoms with Gasteiger partial charge in [0.05, 0.1) is 12.5 Å². The van der Waals surface area contributed by atoms with Crippen molar-refractivity contribution in [3.8, 4) is 0 Å². The molecule has 1 unspecified atom stereocenters. The summed E-state index contributed by atoms with van der Waals surface area (Å²) in [6.45, 7) is 2.65. The second-order valence-corrected chi connectivity index (χ2v) is 5.58. The predicted molar refractivity (Wildman–Crippen MR) is 84.6 cm³/mol. The lowest BCUT2D eigenvalue weighted by atomic mass is 9.98. The fourth-order valence-corrected chi connectivity index (χ4v) is 2.49. The van der Waals surface area contributed by atoms with Gasteiger partial charge in [0, 0.05) is 0 Å². The lowest BCUT2D eigenvalue weighted by Crippen LogP contribution is -2.17. The van der Waals surface area contributed by atoms with Gasteiger partial charge in [0.1, 0.15) is 0 Å². The summed E-state index contributed by atoms with van der Waals surface area (Å²) in [7, 11) is 0. The maximum absolute atomic E-state index is 11.9. The third-order valence-corrected chi connectivity index (χ3v) is 3.86. The molecule has 0 aromatic carbocycles. The van der Waals surface area contributed by atoms with E-state index in [0.717, 1.165) is 38.5 Å². The minimum Gasteiger partial charge on any atom is -0.465 e. The zero-order valence-electron chi connectivity index (χ0n) is 13.0. The Bertz CT molecular complexity index is 305. The van der Waals surface area contributed by atoms with Crippen LogP contribution in [-0.2, 0) is 9.53 Å². The van der Waals surface area contributed by atoms with Crippen LogP contribution in [0.4, 0.5) is 0 Å². The molecule has 0 saturated carbocycles. The number of rotatable bonds is 1. The van der Waals surface area contributed by atoms with E-state index in [0.29, 0.717) is 6.61 Å². The van der Waals surface area contributed by atoms with Gasteiger partial charge in [0.2, 0.25) is 0 Å². The predicted octanol–water partition coefficient (Wildman–Crippen LogP) is 5.19. The first-order valence-electron chi connectivity index (χ1n) is 8.31. The normalized spacial score (nSPS) is 27.2. The highest BCUT2D eigenvalue weighted by atomic mass is 16.5. The second-order valence-electron chi connectivity index (χ2n) is 5.58. The summed E-state index contributed by atoms with van der Waals surface area (Å²) >= 11 is 0. The second kappa shape index (κ2) is 11.7. The first-order chi connectivity index (χ1) is 9.84. The number of esters is 1. The summed E-state index contributed by atoms with van der Waals surface area (Å²) in [6, 6.07) is 0. The Morgan fingerprint density at radius 2 is 1.70 bits per heavy atom. The number of hydrogen-bond donors (Lipinski definition) is 0. The fourth-order valence-electron chi connectivity index (χ4n) is 2.49. The molecule has 1 rings (SSSR count). The number of cyclic esters (lactones) is 1. The molecule has 2 heteroatoms. The Kier molecular flexibility index (Phi) is 9.99. The summed E-state index contributed by atoms with van der Waals surface area (Å²) < 4.78 is 5.38. The van der Waals surface area contributed by atoms with Crippen molar-refractivity contribution >= 4 is 5.97 Å². The number of allylic oxidation sites excluding steroid dienone is 4. The van der Waals surface area contributed by atoms with Crippen LogP contribution in [-0.4, -0.2) is 12.6 Å². The molecule has 0 spiro atoms. The minimum absolute atomic E-state index is 0.0162. The van der Waals surface area contributed by atoms with Crippen LogP contribution < -0.4 is 0 Å².